The van der Waals surface area contributed by atoms with Gasteiger partial charge in [0.15, 0.2) is 0 Å². The molecule has 0 unspecified atom stereocenters. The Morgan fingerprint density at radius 3 is 2.20 bits per heavy atom. The van der Waals surface area contributed by atoms with Gasteiger partial charge in [0.05, 0.1) is 8.95 Å². The second kappa shape index (κ2) is 14.5. The molecule has 3 fully saturated rings. The number of benzene rings is 2. The van der Waals surface area contributed by atoms with Crippen LogP contribution >= 0.6 is 31.9 Å². The van der Waals surface area contributed by atoms with Gasteiger partial charge >= 0.3 is 12.1 Å². The molecule has 11 nitrogen and oxygen atoms in total. The molecule has 5 amide bonds. The third-order valence-electron chi connectivity index (χ3n) is 10.00. The molecule has 3 N–H and O–H groups in total. The fourth-order valence-corrected chi connectivity index (χ4v) is 8.45. The van der Waals surface area contributed by atoms with Gasteiger partial charge in [-0.1, -0.05) is 18.2 Å². The lowest BCUT2D eigenvalue weighted by molar-refractivity contribution is -0.135. The number of anilines is 1. The fraction of sp³-hybridized carbons (Fsp3) is 0.545. The molecule has 13 heteroatoms. The van der Waals surface area contributed by atoms with E-state index in [1.807, 2.05) is 34.1 Å². The SMILES string of the molecule is CN1CCN(C2CCN(C(=O)[C@@H](Cc3cc(Br)c(O)c(Br)c3)NC(=O)N3CCC(N4Cc5ccccc5NC4=O)CC3)CC2)CC1. The van der Waals surface area contributed by atoms with Gasteiger partial charge in [-0.3, -0.25) is 9.69 Å². The van der Waals surface area contributed by atoms with Crippen molar-refractivity contribution < 1.29 is 19.5 Å². The Balaban J connectivity index is 1.09. The third kappa shape index (κ3) is 7.48. The number of halogens is 2. The number of nitrogens with one attached hydrogen (secondary N) is 2. The first-order chi connectivity index (χ1) is 22.2. The number of piperidine rings is 2. The van der Waals surface area contributed by atoms with Crippen LogP contribution in [0.1, 0.15) is 36.8 Å². The molecule has 1 atom stereocenters. The number of hydrogen-bond donors (Lipinski definition) is 3. The second-order valence-corrected chi connectivity index (χ2v) is 14.7. The van der Waals surface area contributed by atoms with E-state index in [0.29, 0.717) is 67.0 Å². The number of hydrogen-bond acceptors (Lipinski definition) is 6. The molecule has 0 bridgehead atoms. The molecule has 0 spiro atoms. The molecule has 248 valence electrons. The summed E-state index contributed by atoms with van der Waals surface area (Å²) in [5.41, 5.74) is 2.76. The number of phenolic OH excluding ortho intramolecular Hbond substituents is 1. The lowest BCUT2D eigenvalue weighted by Crippen LogP contribution is -2.58. The Kier molecular flexibility index (Phi) is 10.4. The van der Waals surface area contributed by atoms with Crippen LogP contribution < -0.4 is 10.6 Å². The van der Waals surface area contributed by atoms with Gasteiger partial charge in [-0.05, 0) is 93.9 Å². The van der Waals surface area contributed by atoms with Crippen molar-refractivity contribution in [2.45, 2.75) is 56.8 Å². The molecule has 46 heavy (non-hydrogen) atoms. The first kappa shape index (κ1) is 33.0. The molecular formula is C33H43Br2N7O4. The highest BCUT2D eigenvalue weighted by molar-refractivity contribution is 9.11. The van der Waals surface area contributed by atoms with Gasteiger partial charge < -0.3 is 35.3 Å². The van der Waals surface area contributed by atoms with E-state index in [9.17, 15) is 19.5 Å². The average molecular weight is 762 g/mol. The number of aromatic hydroxyl groups is 1. The molecule has 0 radical (unpaired) electrons. The van der Waals surface area contributed by atoms with E-state index in [1.165, 1.54) is 0 Å². The monoisotopic (exact) mass is 759 g/mol. The van der Waals surface area contributed by atoms with Crippen molar-refractivity contribution in [2.75, 3.05) is 64.7 Å². The number of rotatable bonds is 6. The molecule has 4 aliphatic rings. The van der Waals surface area contributed by atoms with Gasteiger partial charge in [-0.15, -0.1) is 0 Å². The maximum Gasteiger partial charge on any atom is 0.322 e. The zero-order chi connectivity index (χ0) is 32.4. The van der Waals surface area contributed by atoms with E-state index >= 15 is 0 Å². The van der Waals surface area contributed by atoms with Crippen molar-refractivity contribution in [3.05, 3.63) is 56.5 Å². The van der Waals surface area contributed by atoms with Crippen molar-refractivity contribution >= 4 is 55.5 Å². The zero-order valence-corrected chi connectivity index (χ0v) is 29.4. The molecule has 4 aliphatic heterocycles. The summed E-state index contributed by atoms with van der Waals surface area (Å²) in [6, 6.07) is 10.8. The van der Waals surface area contributed by atoms with Crippen LogP contribution in [0.4, 0.5) is 15.3 Å². The van der Waals surface area contributed by atoms with E-state index in [0.717, 1.165) is 55.8 Å². The molecule has 6 rings (SSSR count). The predicted molar refractivity (Wildman–Crippen MR) is 184 cm³/mol. The molecular weight excluding hydrogens is 718 g/mol. The van der Waals surface area contributed by atoms with E-state index < -0.39 is 6.04 Å². The Morgan fingerprint density at radius 2 is 1.52 bits per heavy atom. The first-order valence-electron chi connectivity index (χ1n) is 16.3. The number of nitrogens with zero attached hydrogens (tertiary/aromatic N) is 5. The van der Waals surface area contributed by atoms with Gasteiger partial charge in [0.2, 0.25) is 5.91 Å². The first-order valence-corrected chi connectivity index (χ1v) is 17.8. The summed E-state index contributed by atoms with van der Waals surface area (Å²) in [5.74, 6) is 0.0134. The topological polar surface area (TPSA) is 112 Å². The van der Waals surface area contributed by atoms with Gasteiger partial charge in [0.1, 0.15) is 11.8 Å². The lowest BCUT2D eigenvalue weighted by Gasteiger charge is -2.43. The second-order valence-electron chi connectivity index (χ2n) is 12.9. The number of para-hydroxylation sites is 1. The summed E-state index contributed by atoms with van der Waals surface area (Å²) >= 11 is 6.81. The molecule has 4 heterocycles. The van der Waals surface area contributed by atoms with Crippen LogP contribution in [0.25, 0.3) is 0 Å². The van der Waals surface area contributed by atoms with Crippen LogP contribution in [0.5, 0.6) is 5.75 Å². The average Bonchev–Trinajstić information content (AvgIpc) is 3.06. The van der Waals surface area contributed by atoms with Crippen molar-refractivity contribution in [1.29, 1.82) is 0 Å². The van der Waals surface area contributed by atoms with Crippen LogP contribution in [0.15, 0.2) is 45.3 Å². The quantitative estimate of drug-likeness (QED) is 0.406. The summed E-state index contributed by atoms with van der Waals surface area (Å²) in [6.45, 7) is 7.14. The zero-order valence-electron chi connectivity index (χ0n) is 26.3. The lowest BCUT2D eigenvalue weighted by atomic mass is 9.99. The van der Waals surface area contributed by atoms with Crippen LogP contribution in [-0.2, 0) is 17.8 Å². The summed E-state index contributed by atoms with van der Waals surface area (Å²) in [5, 5.41) is 16.3. The highest BCUT2D eigenvalue weighted by atomic mass is 79.9. The Morgan fingerprint density at radius 1 is 0.913 bits per heavy atom. The Hall–Kier alpha value is -2.87. The number of likely N-dealkylation sites (tertiary alicyclic amines) is 2. The number of fused-ring (bicyclic) bond motifs is 1. The van der Waals surface area contributed by atoms with E-state index in [1.54, 1.807) is 17.0 Å². The minimum Gasteiger partial charge on any atom is -0.506 e. The van der Waals surface area contributed by atoms with Crippen LogP contribution in [-0.4, -0.2) is 125 Å². The number of urea groups is 2. The molecule has 3 saturated heterocycles. The van der Waals surface area contributed by atoms with E-state index in [-0.39, 0.29) is 29.8 Å². The van der Waals surface area contributed by atoms with Crippen molar-refractivity contribution in [1.82, 2.24) is 29.8 Å². The number of carbonyl (C=O) groups excluding carboxylic acids is 3. The summed E-state index contributed by atoms with van der Waals surface area (Å²) in [7, 11) is 2.16. The number of phenols is 1. The third-order valence-corrected chi connectivity index (χ3v) is 11.2. The van der Waals surface area contributed by atoms with Gasteiger partial charge in [-0.25, -0.2) is 9.59 Å². The van der Waals surface area contributed by atoms with Crippen LogP contribution in [0.2, 0.25) is 0 Å². The molecule has 0 aliphatic carbocycles. The number of carbonyl (C=O) groups is 3. The van der Waals surface area contributed by atoms with Gasteiger partial charge in [0.25, 0.3) is 0 Å². The molecule has 2 aromatic carbocycles. The fourth-order valence-electron chi connectivity index (χ4n) is 7.17. The summed E-state index contributed by atoms with van der Waals surface area (Å²) in [4.78, 5) is 51.0. The highest BCUT2D eigenvalue weighted by Gasteiger charge is 2.36. The van der Waals surface area contributed by atoms with Gasteiger partial charge in [0, 0.05) is 83.1 Å². The number of likely N-dealkylation sites (N-methyl/N-ethyl adjacent to an activating group) is 1. The normalized spacial score (nSPS) is 21.1. The van der Waals surface area contributed by atoms with Crippen molar-refractivity contribution in [3.63, 3.8) is 0 Å². The largest absolute Gasteiger partial charge is 0.506 e. The maximum atomic E-state index is 14.0. The molecule has 0 aromatic heterocycles. The summed E-state index contributed by atoms with van der Waals surface area (Å²) in [6.07, 6.45) is 3.48. The minimum absolute atomic E-state index is 0.0307. The van der Waals surface area contributed by atoms with Gasteiger partial charge in [-0.2, -0.15) is 0 Å². The smallest absolute Gasteiger partial charge is 0.322 e. The predicted octanol–water partition coefficient (Wildman–Crippen LogP) is 4.29. The van der Waals surface area contributed by atoms with E-state index in [4.69, 9.17) is 0 Å². The molecule has 2 aromatic rings. The minimum atomic E-state index is -0.752. The van der Waals surface area contributed by atoms with E-state index in [2.05, 4.69) is 59.3 Å². The van der Waals surface area contributed by atoms with Crippen molar-refractivity contribution in [3.8, 4) is 5.75 Å². The highest BCUT2D eigenvalue weighted by Crippen LogP contribution is 2.34. The van der Waals surface area contributed by atoms with Crippen LogP contribution in [0.3, 0.4) is 0 Å². The number of amides is 5. The maximum absolute atomic E-state index is 14.0. The standard InChI is InChI=1S/C33H43Br2N7O4/c1-38-14-16-39(17-15-38)24-6-10-40(11-7-24)31(44)29(20-22-18-26(34)30(43)27(35)19-22)37-32(45)41-12-8-25(9-13-41)42-21-23-4-2-3-5-28(23)36-33(42)46/h2-5,18-19,24-25,29,43H,6-17,20-21H2,1H3,(H,36,46)(H,37,45)/t29-/m1/s1. The van der Waals surface area contributed by atoms with Crippen LogP contribution in [0, 0.1) is 0 Å². The Labute approximate surface area is 287 Å². The van der Waals surface area contributed by atoms with Crippen molar-refractivity contribution in [2.24, 2.45) is 0 Å². The molecule has 0 saturated carbocycles. The Bertz CT molecular complexity index is 1410. The summed E-state index contributed by atoms with van der Waals surface area (Å²) < 4.78 is 1.04. The number of piperazine rings is 1.